The molecule has 0 radical (unpaired) electrons. The number of carbonyl (C=O) groups excluding carboxylic acids is 4. The minimum atomic E-state index is -0.990. The van der Waals surface area contributed by atoms with Crippen LogP contribution >= 0.6 is 0 Å². The molecule has 2 aromatic rings. The van der Waals surface area contributed by atoms with Gasteiger partial charge in [0.1, 0.15) is 36.5 Å². The van der Waals surface area contributed by atoms with E-state index < -0.39 is 52.7 Å². The molecule has 2 N–H and O–H groups in total. The summed E-state index contributed by atoms with van der Waals surface area (Å²) in [6, 6.07) is 16.6. The van der Waals surface area contributed by atoms with Gasteiger partial charge in [0.15, 0.2) is 0 Å². The van der Waals surface area contributed by atoms with Crippen molar-refractivity contribution in [3.63, 3.8) is 0 Å². The molecule has 11 heteroatoms. The van der Waals surface area contributed by atoms with Crippen LogP contribution in [0.5, 0.6) is 0 Å². The number of rotatable bonds is 12. The summed E-state index contributed by atoms with van der Waals surface area (Å²) in [5.41, 5.74) is 5.90. The minimum Gasteiger partial charge on any atom is -0.461 e. The lowest BCUT2D eigenvalue weighted by atomic mass is 10.00. The number of hydrogen-bond acceptors (Lipinski definition) is 11. The van der Waals surface area contributed by atoms with Crippen LogP contribution in [0.3, 0.4) is 0 Å². The van der Waals surface area contributed by atoms with Gasteiger partial charge < -0.3 is 24.7 Å². The van der Waals surface area contributed by atoms with E-state index in [1.54, 1.807) is 58.3 Å². The molecule has 2 aromatic carbocycles. The smallest absolute Gasteiger partial charge is 0.324 e. The second-order valence-electron chi connectivity index (χ2n) is 14.4. The van der Waals surface area contributed by atoms with Crippen molar-refractivity contribution in [1.82, 2.24) is 9.80 Å². The number of nitrogens with zero attached hydrogens (tertiary/aromatic N) is 2. The summed E-state index contributed by atoms with van der Waals surface area (Å²) in [6.07, 6.45) is -0.502. The SMILES string of the molecule is CC1(N)CN(C(CC(=O)OCc2ccccc2)C(=O)OC(C)(C)C)CCN(C(CC(=O)OCc2ccccc2)C(=O)OC(C)(C)C)C1. The van der Waals surface area contributed by atoms with Gasteiger partial charge >= 0.3 is 23.9 Å². The van der Waals surface area contributed by atoms with Crippen LogP contribution in [0.15, 0.2) is 60.7 Å². The van der Waals surface area contributed by atoms with Crippen LogP contribution in [-0.4, -0.2) is 88.7 Å². The predicted octanol–water partition coefficient (Wildman–Crippen LogP) is 4.01. The van der Waals surface area contributed by atoms with Crippen molar-refractivity contribution in [2.24, 2.45) is 5.73 Å². The highest BCUT2D eigenvalue weighted by molar-refractivity contribution is 5.84. The molecule has 1 aliphatic rings. The van der Waals surface area contributed by atoms with Crippen LogP contribution in [0.2, 0.25) is 0 Å². The average Bonchev–Trinajstić information content (AvgIpc) is 3.13. The molecule has 0 bridgehead atoms. The van der Waals surface area contributed by atoms with Crippen LogP contribution in [0, 0.1) is 0 Å². The molecule has 11 nitrogen and oxygen atoms in total. The van der Waals surface area contributed by atoms with Crippen LogP contribution < -0.4 is 5.73 Å². The number of carbonyl (C=O) groups is 4. The van der Waals surface area contributed by atoms with Crippen LogP contribution in [0.4, 0.5) is 0 Å². The molecule has 2 atom stereocenters. The summed E-state index contributed by atoms with van der Waals surface area (Å²) >= 11 is 0. The highest BCUT2D eigenvalue weighted by Gasteiger charge is 2.42. The minimum absolute atomic E-state index is 0.0705. The molecule has 0 amide bonds. The van der Waals surface area contributed by atoms with Gasteiger partial charge in [0.25, 0.3) is 0 Å². The van der Waals surface area contributed by atoms with E-state index in [1.165, 1.54) is 0 Å². The molecule has 1 fully saturated rings. The third-order valence-electron chi connectivity index (χ3n) is 7.25. The molecule has 1 heterocycles. The van der Waals surface area contributed by atoms with Gasteiger partial charge in [-0.25, -0.2) is 0 Å². The lowest BCUT2D eigenvalue weighted by Gasteiger charge is -2.36. The number of esters is 4. The first-order valence-electron chi connectivity index (χ1n) is 16.0. The van der Waals surface area contributed by atoms with E-state index in [2.05, 4.69) is 0 Å². The summed E-state index contributed by atoms with van der Waals surface area (Å²) in [5.74, 6) is -2.27. The topological polar surface area (TPSA) is 138 Å². The van der Waals surface area contributed by atoms with Gasteiger partial charge in [0.2, 0.25) is 0 Å². The fourth-order valence-electron chi connectivity index (χ4n) is 5.30. The number of benzene rings is 2. The highest BCUT2D eigenvalue weighted by atomic mass is 16.6. The molecular weight excluding hydrogens is 602 g/mol. The van der Waals surface area contributed by atoms with E-state index in [-0.39, 0.29) is 52.2 Å². The van der Waals surface area contributed by atoms with E-state index in [9.17, 15) is 19.2 Å². The number of hydrogen-bond donors (Lipinski definition) is 1. The van der Waals surface area contributed by atoms with Gasteiger partial charge in [-0.1, -0.05) is 60.7 Å². The largest absolute Gasteiger partial charge is 0.461 e. The van der Waals surface area contributed by atoms with Gasteiger partial charge in [-0.05, 0) is 59.6 Å². The van der Waals surface area contributed by atoms with E-state index in [0.29, 0.717) is 0 Å². The first-order valence-corrected chi connectivity index (χ1v) is 16.0. The normalized spacial score (nSPS) is 19.1. The average molecular weight is 654 g/mol. The molecule has 258 valence electrons. The third kappa shape index (κ3) is 13.5. The van der Waals surface area contributed by atoms with E-state index in [0.717, 1.165) is 11.1 Å². The maximum Gasteiger partial charge on any atom is 0.324 e. The summed E-state index contributed by atoms with van der Waals surface area (Å²) in [4.78, 5) is 56.8. The van der Waals surface area contributed by atoms with Crippen molar-refractivity contribution in [2.45, 2.75) is 103 Å². The van der Waals surface area contributed by atoms with Crippen LogP contribution in [-0.2, 0) is 51.3 Å². The Morgan fingerprint density at radius 2 is 1.02 bits per heavy atom. The molecular formula is C36H51N3O8. The number of ether oxygens (including phenoxy) is 4. The Balaban J connectivity index is 1.81. The Bertz CT molecular complexity index is 1230. The Morgan fingerprint density at radius 1 is 0.681 bits per heavy atom. The predicted molar refractivity (Wildman–Crippen MR) is 177 cm³/mol. The lowest BCUT2D eigenvalue weighted by Crippen LogP contribution is -2.57. The maximum absolute atomic E-state index is 13.5. The van der Waals surface area contributed by atoms with Crippen molar-refractivity contribution in [2.75, 3.05) is 26.2 Å². The summed E-state index contributed by atoms with van der Waals surface area (Å²) in [6.45, 7) is 13.4. The lowest BCUT2D eigenvalue weighted by molar-refractivity contribution is -0.166. The Labute approximate surface area is 278 Å². The van der Waals surface area contributed by atoms with Crippen LogP contribution in [0.1, 0.15) is 72.4 Å². The van der Waals surface area contributed by atoms with Gasteiger partial charge in [-0.2, -0.15) is 0 Å². The highest BCUT2D eigenvalue weighted by Crippen LogP contribution is 2.23. The molecule has 0 aliphatic carbocycles. The van der Waals surface area contributed by atoms with Gasteiger partial charge in [-0.15, -0.1) is 0 Å². The van der Waals surface area contributed by atoms with Crippen molar-refractivity contribution < 1.29 is 38.1 Å². The second-order valence-corrected chi connectivity index (χ2v) is 14.4. The molecule has 1 aliphatic heterocycles. The zero-order valence-electron chi connectivity index (χ0n) is 28.8. The fourth-order valence-corrected chi connectivity index (χ4v) is 5.30. The molecule has 2 unspecified atom stereocenters. The fraction of sp³-hybridized carbons (Fsp3) is 0.556. The first kappa shape index (κ1) is 37.7. The zero-order valence-corrected chi connectivity index (χ0v) is 28.8. The molecule has 0 spiro atoms. The standard InChI is InChI=1S/C36H51N3O8/c1-34(2,3)46-32(42)28(20-30(40)44-22-26-14-10-8-11-15-26)38-18-19-39(25-36(7,37)24-38)29(33(43)47-35(4,5)6)21-31(41)45-23-27-16-12-9-13-17-27/h8-17,28-29H,18-25,37H2,1-7H3. The first-order chi connectivity index (χ1) is 21.9. The Hall–Kier alpha value is -3.80. The molecule has 47 heavy (non-hydrogen) atoms. The molecule has 1 saturated heterocycles. The van der Waals surface area contributed by atoms with Crippen molar-refractivity contribution in [1.29, 1.82) is 0 Å². The zero-order chi connectivity index (χ0) is 34.8. The number of nitrogens with two attached hydrogens (primary N) is 1. The third-order valence-corrected chi connectivity index (χ3v) is 7.25. The molecule has 0 saturated carbocycles. The molecule has 3 rings (SSSR count). The Morgan fingerprint density at radius 3 is 1.34 bits per heavy atom. The van der Waals surface area contributed by atoms with Gasteiger partial charge in [0.05, 0.1) is 12.8 Å². The Kier molecular flexibility index (Phi) is 13.1. The van der Waals surface area contributed by atoms with E-state index in [4.69, 9.17) is 24.7 Å². The van der Waals surface area contributed by atoms with Crippen molar-refractivity contribution >= 4 is 23.9 Å². The second kappa shape index (κ2) is 16.3. The summed E-state index contributed by atoms with van der Waals surface area (Å²) in [5, 5.41) is 0. The summed E-state index contributed by atoms with van der Waals surface area (Å²) in [7, 11) is 0. The maximum atomic E-state index is 13.5. The monoisotopic (exact) mass is 653 g/mol. The summed E-state index contributed by atoms with van der Waals surface area (Å²) < 4.78 is 22.5. The van der Waals surface area contributed by atoms with Crippen molar-refractivity contribution in [3.8, 4) is 0 Å². The van der Waals surface area contributed by atoms with Gasteiger partial charge in [0, 0.05) is 31.7 Å². The molecule has 0 aromatic heterocycles. The van der Waals surface area contributed by atoms with Crippen molar-refractivity contribution in [3.05, 3.63) is 71.8 Å². The van der Waals surface area contributed by atoms with E-state index in [1.807, 2.05) is 60.7 Å². The van der Waals surface area contributed by atoms with Gasteiger partial charge in [-0.3, -0.25) is 29.0 Å². The van der Waals surface area contributed by atoms with Crippen LogP contribution in [0.25, 0.3) is 0 Å². The van der Waals surface area contributed by atoms with E-state index >= 15 is 0 Å². The quantitative estimate of drug-likeness (QED) is 0.263.